The highest BCUT2D eigenvalue weighted by Crippen LogP contribution is 2.26. The maximum absolute atomic E-state index is 13.2. The summed E-state index contributed by atoms with van der Waals surface area (Å²) >= 11 is 0. The summed E-state index contributed by atoms with van der Waals surface area (Å²) in [6, 6.07) is 10.6. The van der Waals surface area contributed by atoms with Crippen LogP contribution in [0.5, 0.6) is 0 Å². The minimum atomic E-state index is -1.07. The van der Waals surface area contributed by atoms with Crippen LogP contribution in [0.15, 0.2) is 42.5 Å². The number of anilines is 1. The first-order valence-corrected chi connectivity index (χ1v) is 7.68. The summed E-state index contributed by atoms with van der Waals surface area (Å²) in [5.41, 5.74) is 2.00. The van der Waals surface area contributed by atoms with Crippen molar-refractivity contribution in [3.05, 3.63) is 65.2 Å². The molecule has 3 rings (SSSR count). The number of aryl methyl sites for hydroxylation is 1. The van der Waals surface area contributed by atoms with Crippen LogP contribution in [-0.4, -0.2) is 24.9 Å². The van der Waals surface area contributed by atoms with E-state index in [1.54, 1.807) is 4.90 Å². The highest BCUT2D eigenvalue weighted by molar-refractivity contribution is 5.97. The van der Waals surface area contributed by atoms with Gasteiger partial charge in [0.1, 0.15) is 0 Å². The third-order valence-corrected chi connectivity index (χ3v) is 3.99. The molecule has 1 N–H and O–H groups in total. The summed E-state index contributed by atoms with van der Waals surface area (Å²) in [6.45, 7) is 0.545. The van der Waals surface area contributed by atoms with Gasteiger partial charge >= 0.3 is 0 Å². The number of hydrogen-bond acceptors (Lipinski definition) is 2. The lowest BCUT2D eigenvalue weighted by atomic mass is 10.0. The zero-order valence-corrected chi connectivity index (χ0v) is 12.9. The van der Waals surface area contributed by atoms with Crippen LogP contribution >= 0.6 is 0 Å². The Balaban J connectivity index is 1.63. The van der Waals surface area contributed by atoms with Crippen LogP contribution in [0.25, 0.3) is 0 Å². The van der Waals surface area contributed by atoms with Gasteiger partial charge in [-0.05, 0) is 36.2 Å². The lowest BCUT2D eigenvalue weighted by Gasteiger charge is -2.29. The van der Waals surface area contributed by atoms with E-state index in [1.165, 1.54) is 6.07 Å². The predicted molar refractivity (Wildman–Crippen MR) is 85.8 cm³/mol. The Labute approximate surface area is 138 Å². The second-order valence-corrected chi connectivity index (χ2v) is 5.56. The second kappa shape index (κ2) is 6.78. The van der Waals surface area contributed by atoms with E-state index in [4.69, 9.17) is 0 Å². The van der Waals surface area contributed by atoms with Gasteiger partial charge in [0.2, 0.25) is 5.91 Å². The summed E-state index contributed by atoms with van der Waals surface area (Å²) < 4.78 is 26.1. The molecule has 0 saturated heterocycles. The maximum Gasteiger partial charge on any atom is 0.251 e. The van der Waals surface area contributed by atoms with E-state index in [2.05, 4.69) is 5.32 Å². The average molecular weight is 330 g/mol. The van der Waals surface area contributed by atoms with Crippen molar-refractivity contribution in [2.45, 2.75) is 12.8 Å². The smallest absolute Gasteiger partial charge is 0.251 e. The molecule has 0 aromatic heterocycles. The van der Waals surface area contributed by atoms with Gasteiger partial charge in [-0.1, -0.05) is 18.2 Å². The van der Waals surface area contributed by atoms with Gasteiger partial charge in [-0.2, -0.15) is 0 Å². The normalized spacial score (nSPS) is 13.6. The van der Waals surface area contributed by atoms with Crippen molar-refractivity contribution in [1.82, 2.24) is 5.32 Å². The molecule has 0 aliphatic carbocycles. The Kier molecular flexibility index (Phi) is 4.55. The number of carbonyl (C=O) groups is 2. The molecule has 2 aromatic carbocycles. The summed E-state index contributed by atoms with van der Waals surface area (Å²) in [7, 11) is 0. The summed E-state index contributed by atoms with van der Waals surface area (Å²) in [5, 5.41) is 2.62. The number of rotatable bonds is 4. The van der Waals surface area contributed by atoms with Crippen molar-refractivity contribution < 1.29 is 18.4 Å². The molecule has 0 saturated carbocycles. The molecule has 0 fully saturated rings. The van der Waals surface area contributed by atoms with Gasteiger partial charge in [0.05, 0.1) is 0 Å². The molecule has 24 heavy (non-hydrogen) atoms. The number of fused-ring (bicyclic) bond motifs is 1. The Hall–Kier alpha value is -2.76. The largest absolute Gasteiger partial charge is 0.350 e. The molecule has 0 unspecified atom stereocenters. The fraction of sp³-hybridized carbons (Fsp3) is 0.222. The first-order valence-electron chi connectivity index (χ1n) is 7.68. The van der Waals surface area contributed by atoms with Crippen LogP contribution in [0.1, 0.15) is 22.3 Å². The first-order chi connectivity index (χ1) is 11.6. The molecule has 1 aliphatic rings. The minimum absolute atomic E-state index is 0.00998. The topological polar surface area (TPSA) is 49.4 Å². The molecule has 1 heterocycles. The van der Waals surface area contributed by atoms with Crippen LogP contribution in [0.3, 0.4) is 0 Å². The summed E-state index contributed by atoms with van der Waals surface area (Å²) in [4.78, 5) is 25.7. The number of nitrogens with one attached hydrogen (secondary N) is 1. The zero-order valence-electron chi connectivity index (χ0n) is 12.9. The van der Waals surface area contributed by atoms with Crippen molar-refractivity contribution in [3.8, 4) is 0 Å². The third kappa shape index (κ3) is 3.27. The van der Waals surface area contributed by atoms with Crippen molar-refractivity contribution in [2.75, 3.05) is 18.0 Å². The van der Waals surface area contributed by atoms with E-state index in [0.717, 1.165) is 23.4 Å². The number of carbonyl (C=O) groups excluding carboxylic acids is 2. The molecule has 6 heteroatoms. The first kappa shape index (κ1) is 16.1. The molecule has 0 atom stereocenters. The quantitative estimate of drug-likeness (QED) is 0.937. The van der Waals surface area contributed by atoms with Crippen LogP contribution < -0.4 is 10.2 Å². The Morgan fingerprint density at radius 3 is 2.67 bits per heavy atom. The van der Waals surface area contributed by atoms with E-state index >= 15 is 0 Å². The van der Waals surface area contributed by atoms with Gasteiger partial charge in [-0.3, -0.25) is 9.59 Å². The number of halogens is 2. The number of nitrogens with zero attached hydrogens (tertiary/aromatic N) is 1. The van der Waals surface area contributed by atoms with Gasteiger partial charge in [0, 0.05) is 30.8 Å². The number of benzene rings is 2. The highest BCUT2D eigenvalue weighted by atomic mass is 19.2. The molecule has 0 spiro atoms. The average Bonchev–Trinajstić information content (AvgIpc) is 2.59. The van der Waals surface area contributed by atoms with Crippen LogP contribution in [0, 0.1) is 11.6 Å². The maximum atomic E-state index is 13.2. The highest BCUT2D eigenvalue weighted by Gasteiger charge is 2.23. The van der Waals surface area contributed by atoms with E-state index in [1.807, 2.05) is 24.3 Å². The van der Waals surface area contributed by atoms with Gasteiger partial charge in [-0.25, -0.2) is 8.78 Å². The van der Waals surface area contributed by atoms with Gasteiger partial charge in [0.15, 0.2) is 11.6 Å². The molecule has 0 radical (unpaired) electrons. The van der Waals surface area contributed by atoms with Gasteiger partial charge in [-0.15, -0.1) is 0 Å². The van der Waals surface area contributed by atoms with E-state index in [0.29, 0.717) is 19.4 Å². The van der Waals surface area contributed by atoms with E-state index < -0.39 is 17.5 Å². The monoisotopic (exact) mass is 330 g/mol. The van der Waals surface area contributed by atoms with E-state index in [-0.39, 0.29) is 18.0 Å². The standard InChI is InChI=1S/C18H16F2N2O2/c19-14-7-5-13(11-15(14)20)18(24)21-9-10-22-16-4-2-1-3-12(16)6-8-17(22)23/h1-5,7,11H,6,8-10H2,(H,21,24). The third-order valence-electron chi connectivity index (χ3n) is 3.99. The molecular weight excluding hydrogens is 314 g/mol. The molecule has 124 valence electrons. The Bertz CT molecular complexity index is 792. The van der Waals surface area contributed by atoms with Crippen molar-refractivity contribution in [2.24, 2.45) is 0 Å². The second-order valence-electron chi connectivity index (χ2n) is 5.56. The number of amides is 2. The number of hydrogen-bond donors (Lipinski definition) is 1. The molecular formula is C18H16F2N2O2. The minimum Gasteiger partial charge on any atom is -0.350 e. The summed E-state index contributed by atoms with van der Waals surface area (Å²) in [5.74, 6) is -2.56. The molecule has 2 amide bonds. The van der Waals surface area contributed by atoms with Crippen LogP contribution in [0.2, 0.25) is 0 Å². The lowest BCUT2D eigenvalue weighted by molar-refractivity contribution is -0.118. The summed E-state index contributed by atoms with van der Waals surface area (Å²) in [6.07, 6.45) is 1.15. The fourth-order valence-corrected chi connectivity index (χ4v) is 2.76. The van der Waals surface area contributed by atoms with Crippen molar-refractivity contribution in [3.63, 3.8) is 0 Å². The van der Waals surface area contributed by atoms with E-state index in [9.17, 15) is 18.4 Å². The molecule has 2 aromatic rings. The molecule has 4 nitrogen and oxygen atoms in total. The van der Waals surface area contributed by atoms with Crippen LogP contribution in [0.4, 0.5) is 14.5 Å². The van der Waals surface area contributed by atoms with Gasteiger partial charge < -0.3 is 10.2 Å². The number of para-hydroxylation sites is 1. The van der Waals surface area contributed by atoms with Gasteiger partial charge in [0.25, 0.3) is 5.91 Å². The van der Waals surface area contributed by atoms with Crippen molar-refractivity contribution >= 4 is 17.5 Å². The Morgan fingerprint density at radius 2 is 1.88 bits per heavy atom. The predicted octanol–water partition coefficient (Wildman–Crippen LogP) is 2.67. The SMILES string of the molecule is O=C(NCCN1C(=O)CCc2ccccc21)c1ccc(F)c(F)c1. The fourth-order valence-electron chi connectivity index (χ4n) is 2.76. The zero-order chi connectivity index (χ0) is 17.1. The molecule has 0 bridgehead atoms. The molecule has 1 aliphatic heterocycles. The van der Waals surface area contributed by atoms with Crippen molar-refractivity contribution in [1.29, 1.82) is 0 Å². The Morgan fingerprint density at radius 1 is 1.08 bits per heavy atom. The lowest BCUT2D eigenvalue weighted by Crippen LogP contribution is -2.41. The van der Waals surface area contributed by atoms with Crippen LogP contribution in [-0.2, 0) is 11.2 Å².